The molecule has 10 nitrogen and oxygen atoms in total. The maximum Gasteiger partial charge on any atom is 0.357 e. The van der Waals surface area contributed by atoms with Crippen molar-refractivity contribution in [2.24, 2.45) is 0 Å². The summed E-state index contributed by atoms with van der Waals surface area (Å²) in [4.78, 5) is 38.0. The molecule has 0 saturated heterocycles. The van der Waals surface area contributed by atoms with Crippen molar-refractivity contribution in [2.45, 2.75) is 0 Å². The van der Waals surface area contributed by atoms with Gasteiger partial charge in [-0.05, 0) is 18.2 Å². The number of hydrogen-bond acceptors (Lipinski definition) is 8. The number of nitrogens with zero attached hydrogens (tertiary/aromatic N) is 4. The van der Waals surface area contributed by atoms with E-state index in [9.17, 15) is 19.7 Å². The molecule has 0 saturated carbocycles. The summed E-state index contributed by atoms with van der Waals surface area (Å²) in [6, 6.07) is 12.9. The second kappa shape index (κ2) is 8.66. The fraction of sp³-hybridized carbons (Fsp3) is 0.190. The van der Waals surface area contributed by atoms with Crippen LogP contribution < -0.4 is 4.90 Å². The van der Waals surface area contributed by atoms with E-state index in [-0.39, 0.29) is 22.6 Å². The van der Waals surface area contributed by atoms with Crippen LogP contribution in [0.1, 0.15) is 20.8 Å². The van der Waals surface area contributed by atoms with Crippen molar-refractivity contribution in [2.75, 3.05) is 33.2 Å². The Bertz CT molecular complexity index is 1150. The van der Waals surface area contributed by atoms with Gasteiger partial charge in [0.15, 0.2) is 5.69 Å². The van der Waals surface area contributed by atoms with E-state index in [1.165, 1.54) is 31.0 Å². The molecule has 0 atom stereocenters. The molecule has 0 radical (unpaired) electrons. The Morgan fingerprint density at radius 3 is 2.23 bits per heavy atom. The summed E-state index contributed by atoms with van der Waals surface area (Å²) in [5, 5.41) is 15.9. The SMILES string of the molecule is COC(=O)c1c(-c2cc([N+](=O)[O-])ccc2N(C)C)nn(-c2ccccc2)c1C(=O)OC. The quantitative estimate of drug-likeness (QED) is 0.337. The van der Waals surface area contributed by atoms with Crippen LogP contribution >= 0.6 is 0 Å². The molecule has 0 spiro atoms. The van der Waals surface area contributed by atoms with Crippen LogP contribution in [-0.4, -0.2) is 55.0 Å². The number of methoxy groups -OCH3 is 2. The molecular formula is C21H20N4O6. The smallest absolute Gasteiger partial charge is 0.357 e. The minimum atomic E-state index is -0.825. The fourth-order valence-electron chi connectivity index (χ4n) is 3.16. The highest BCUT2D eigenvalue weighted by Gasteiger charge is 2.33. The standard InChI is InChI=1S/C21H20N4O6/c1-23(2)16-11-10-14(25(28)29)12-15(16)18-17(20(26)30-3)19(21(27)31-4)24(22-18)13-8-6-5-7-9-13/h5-12H,1-4H3. The van der Waals surface area contributed by atoms with Gasteiger partial charge in [-0.1, -0.05) is 18.2 Å². The minimum absolute atomic E-state index is 0.0588. The van der Waals surface area contributed by atoms with E-state index in [0.717, 1.165) is 0 Å². The van der Waals surface area contributed by atoms with Crippen molar-refractivity contribution < 1.29 is 24.0 Å². The van der Waals surface area contributed by atoms with Gasteiger partial charge < -0.3 is 14.4 Å². The number of nitro groups is 1. The molecular weight excluding hydrogens is 404 g/mol. The Balaban J connectivity index is 2.45. The van der Waals surface area contributed by atoms with Crippen LogP contribution in [-0.2, 0) is 9.47 Å². The number of nitro benzene ring substituents is 1. The Morgan fingerprint density at radius 1 is 1.03 bits per heavy atom. The molecule has 3 aromatic rings. The normalized spacial score (nSPS) is 10.5. The number of carbonyl (C=O) groups excluding carboxylic acids is 2. The fourth-order valence-corrected chi connectivity index (χ4v) is 3.16. The summed E-state index contributed by atoms with van der Waals surface area (Å²) in [7, 11) is 5.85. The Hall–Kier alpha value is -4.21. The molecule has 0 fully saturated rings. The molecule has 160 valence electrons. The van der Waals surface area contributed by atoms with E-state index in [4.69, 9.17) is 9.47 Å². The highest BCUT2D eigenvalue weighted by molar-refractivity contribution is 6.07. The zero-order chi connectivity index (χ0) is 22.7. The number of para-hydroxylation sites is 1. The molecule has 0 unspecified atom stereocenters. The first-order chi connectivity index (χ1) is 14.8. The topological polar surface area (TPSA) is 117 Å². The van der Waals surface area contributed by atoms with Crippen LogP contribution in [0.5, 0.6) is 0 Å². The van der Waals surface area contributed by atoms with Gasteiger partial charge in [-0.25, -0.2) is 14.3 Å². The van der Waals surface area contributed by atoms with Gasteiger partial charge >= 0.3 is 11.9 Å². The second-order valence-electron chi connectivity index (χ2n) is 6.66. The average Bonchev–Trinajstić information content (AvgIpc) is 3.18. The summed E-state index contributed by atoms with van der Waals surface area (Å²) in [6.45, 7) is 0. The number of esters is 2. The van der Waals surface area contributed by atoms with Gasteiger partial charge in [-0.3, -0.25) is 10.1 Å². The van der Waals surface area contributed by atoms with E-state index in [2.05, 4.69) is 5.10 Å². The summed E-state index contributed by atoms with van der Waals surface area (Å²) in [5.41, 5.74) is 0.919. The molecule has 0 aliphatic heterocycles. The third-order valence-electron chi connectivity index (χ3n) is 4.58. The predicted molar refractivity (Wildman–Crippen MR) is 113 cm³/mol. The molecule has 0 aliphatic rings. The molecule has 0 amide bonds. The predicted octanol–water partition coefficient (Wildman–Crippen LogP) is 3.09. The number of carbonyl (C=O) groups is 2. The lowest BCUT2D eigenvalue weighted by atomic mass is 10.0. The molecule has 0 aliphatic carbocycles. The number of aromatic nitrogens is 2. The number of anilines is 1. The van der Waals surface area contributed by atoms with Crippen LogP contribution in [0.2, 0.25) is 0 Å². The van der Waals surface area contributed by atoms with Gasteiger partial charge in [-0.2, -0.15) is 5.10 Å². The lowest BCUT2D eigenvalue weighted by Crippen LogP contribution is -2.15. The van der Waals surface area contributed by atoms with E-state index < -0.39 is 16.9 Å². The minimum Gasteiger partial charge on any atom is -0.465 e. The number of hydrogen-bond donors (Lipinski definition) is 0. The van der Waals surface area contributed by atoms with Crippen molar-refractivity contribution in [1.29, 1.82) is 0 Å². The van der Waals surface area contributed by atoms with Crippen LogP contribution in [0.4, 0.5) is 11.4 Å². The zero-order valence-corrected chi connectivity index (χ0v) is 17.4. The first-order valence-corrected chi connectivity index (χ1v) is 9.11. The third kappa shape index (κ3) is 3.95. The zero-order valence-electron chi connectivity index (χ0n) is 17.4. The number of rotatable bonds is 6. The van der Waals surface area contributed by atoms with E-state index in [1.54, 1.807) is 55.4 Å². The first-order valence-electron chi connectivity index (χ1n) is 9.11. The van der Waals surface area contributed by atoms with Crippen molar-refractivity contribution in [3.05, 3.63) is 69.9 Å². The first kappa shape index (κ1) is 21.5. The maximum absolute atomic E-state index is 12.8. The van der Waals surface area contributed by atoms with E-state index in [0.29, 0.717) is 16.9 Å². The Morgan fingerprint density at radius 2 is 1.68 bits per heavy atom. The molecule has 3 rings (SSSR count). The van der Waals surface area contributed by atoms with E-state index in [1.807, 2.05) is 0 Å². The van der Waals surface area contributed by atoms with Crippen LogP contribution in [0.15, 0.2) is 48.5 Å². The molecule has 1 aromatic heterocycles. The molecule has 31 heavy (non-hydrogen) atoms. The van der Waals surface area contributed by atoms with E-state index >= 15 is 0 Å². The second-order valence-corrected chi connectivity index (χ2v) is 6.66. The molecule has 1 heterocycles. The van der Waals surface area contributed by atoms with Crippen molar-refractivity contribution in [1.82, 2.24) is 9.78 Å². The third-order valence-corrected chi connectivity index (χ3v) is 4.58. The molecule has 0 N–H and O–H groups in total. The van der Waals surface area contributed by atoms with Crippen molar-refractivity contribution in [3.8, 4) is 16.9 Å². The van der Waals surface area contributed by atoms with Gasteiger partial charge in [-0.15, -0.1) is 0 Å². The maximum atomic E-state index is 12.8. The molecule has 0 bridgehead atoms. The van der Waals surface area contributed by atoms with Crippen LogP contribution in [0, 0.1) is 10.1 Å². The van der Waals surface area contributed by atoms with Gasteiger partial charge in [0.1, 0.15) is 11.3 Å². The highest BCUT2D eigenvalue weighted by Crippen LogP contribution is 2.37. The lowest BCUT2D eigenvalue weighted by Gasteiger charge is -2.16. The van der Waals surface area contributed by atoms with Gasteiger partial charge in [0.25, 0.3) is 5.69 Å². The van der Waals surface area contributed by atoms with Crippen LogP contribution in [0.25, 0.3) is 16.9 Å². The Kier molecular flexibility index (Phi) is 6.00. The number of non-ortho nitro benzene ring substituents is 1. The summed E-state index contributed by atoms with van der Waals surface area (Å²) >= 11 is 0. The van der Waals surface area contributed by atoms with Crippen LogP contribution in [0.3, 0.4) is 0 Å². The lowest BCUT2D eigenvalue weighted by molar-refractivity contribution is -0.384. The average molecular weight is 424 g/mol. The van der Waals surface area contributed by atoms with Gasteiger partial charge in [0.2, 0.25) is 0 Å². The summed E-state index contributed by atoms with van der Waals surface area (Å²) in [6.07, 6.45) is 0. The largest absolute Gasteiger partial charge is 0.465 e. The van der Waals surface area contributed by atoms with Crippen molar-refractivity contribution in [3.63, 3.8) is 0 Å². The molecule has 10 heteroatoms. The highest BCUT2D eigenvalue weighted by atomic mass is 16.6. The summed E-state index contributed by atoms with van der Waals surface area (Å²) in [5.74, 6) is -1.63. The van der Waals surface area contributed by atoms with Gasteiger partial charge in [0.05, 0.1) is 24.8 Å². The number of benzene rings is 2. The number of ether oxygens (including phenoxy) is 2. The Labute approximate surface area is 177 Å². The van der Waals surface area contributed by atoms with Gasteiger partial charge in [0, 0.05) is 37.5 Å². The van der Waals surface area contributed by atoms with Crippen molar-refractivity contribution >= 4 is 23.3 Å². The molecule has 2 aromatic carbocycles. The monoisotopic (exact) mass is 424 g/mol. The summed E-state index contributed by atoms with van der Waals surface area (Å²) < 4.78 is 11.1.